The maximum absolute atomic E-state index is 12.8. The Balaban J connectivity index is 1.86. The van der Waals surface area contributed by atoms with Gasteiger partial charge in [0.15, 0.2) is 0 Å². The molecule has 3 rings (SSSR count). The van der Waals surface area contributed by atoms with E-state index in [1.165, 1.54) is 0 Å². The van der Waals surface area contributed by atoms with E-state index in [1.54, 1.807) is 7.11 Å². The van der Waals surface area contributed by atoms with Crippen molar-refractivity contribution >= 4 is 5.91 Å². The molecule has 4 nitrogen and oxygen atoms in total. The van der Waals surface area contributed by atoms with Gasteiger partial charge in [0.25, 0.3) is 5.91 Å². The average molecular weight is 296 g/mol. The van der Waals surface area contributed by atoms with Gasteiger partial charge in [-0.3, -0.25) is 4.79 Å². The van der Waals surface area contributed by atoms with Crippen LogP contribution in [0.3, 0.4) is 0 Å². The second-order valence-electron chi connectivity index (χ2n) is 5.51. The summed E-state index contributed by atoms with van der Waals surface area (Å²) in [5, 5.41) is 0. The Hall–Kier alpha value is -2.36. The summed E-state index contributed by atoms with van der Waals surface area (Å²) in [6.45, 7) is 0.796. The Labute approximate surface area is 130 Å². The van der Waals surface area contributed by atoms with Crippen molar-refractivity contribution in [1.29, 1.82) is 0 Å². The number of carbonyl (C=O) groups excluding carboxylic acids is 1. The number of hydrogen-bond donors (Lipinski definition) is 0. The molecule has 0 radical (unpaired) electrons. The van der Waals surface area contributed by atoms with Crippen LogP contribution in [0.1, 0.15) is 41.2 Å². The molecule has 1 fully saturated rings. The summed E-state index contributed by atoms with van der Waals surface area (Å²) in [6, 6.07) is 13.4. The fraction of sp³-hybridized carbons (Fsp3) is 0.333. The van der Waals surface area contributed by atoms with Gasteiger partial charge in [-0.1, -0.05) is 24.3 Å². The molecular weight excluding hydrogens is 276 g/mol. The van der Waals surface area contributed by atoms with Crippen LogP contribution in [0, 0.1) is 0 Å². The van der Waals surface area contributed by atoms with Crippen LogP contribution in [0.5, 0.6) is 5.88 Å². The van der Waals surface area contributed by atoms with Gasteiger partial charge in [-0.05, 0) is 37.0 Å². The predicted octanol–water partition coefficient (Wildman–Crippen LogP) is 3.46. The van der Waals surface area contributed by atoms with Gasteiger partial charge in [0, 0.05) is 24.4 Å². The van der Waals surface area contributed by atoms with Crippen LogP contribution in [0.2, 0.25) is 0 Å². The molecule has 114 valence electrons. The van der Waals surface area contributed by atoms with Crippen molar-refractivity contribution in [3.8, 4) is 5.88 Å². The third-order valence-corrected chi connectivity index (χ3v) is 4.14. The molecule has 1 saturated heterocycles. The van der Waals surface area contributed by atoms with Gasteiger partial charge < -0.3 is 9.64 Å². The molecule has 2 aromatic rings. The topological polar surface area (TPSA) is 42.4 Å². The molecule has 1 amide bonds. The van der Waals surface area contributed by atoms with E-state index in [0.717, 1.165) is 36.9 Å². The fourth-order valence-electron chi connectivity index (χ4n) is 2.98. The van der Waals surface area contributed by atoms with E-state index < -0.39 is 0 Å². The standard InChI is InChI=1S/C18H20N2O2/c1-22-17-11-10-15(13-19-17)16-9-5-6-12-20(16)18(21)14-7-3-2-4-8-14/h2-4,7-8,10-11,13,16H,5-6,9,12H2,1H3/t16-/m0/s1. The highest BCUT2D eigenvalue weighted by Gasteiger charge is 2.28. The first-order chi connectivity index (χ1) is 10.8. The highest BCUT2D eigenvalue weighted by Crippen LogP contribution is 2.32. The second-order valence-corrected chi connectivity index (χ2v) is 5.51. The van der Waals surface area contributed by atoms with Crippen LogP contribution >= 0.6 is 0 Å². The largest absolute Gasteiger partial charge is 0.481 e. The number of hydrogen-bond acceptors (Lipinski definition) is 3. The molecule has 1 aliphatic rings. The first kappa shape index (κ1) is 14.6. The Morgan fingerprint density at radius 1 is 1.18 bits per heavy atom. The molecular formula is C18H20N2O2. The van der Waals surface area contributed by atoms with Crippen molar-refractivity contribution in [2.45, 2.75) is 25.3 Å². The molecule has 0 saturated carbocycles. The van der Waals surface area contributed by atoms with Crippen molar-refractivity contribution < 1.29 is 9.53 Å². The first-order valence-electron chi connectivity index (χ1n) is 7.65. The highest BCUT2D eigenvalue weighted by molar-refractivity contribution is 5.94. The SMILES string of the molecule is COc1ccc([C@@H]2CCCCN2C(=O)c2ccccc2)cn1. The van der Waals surface area contributed by atoms with Crippen molar-refractivity contribution in [2.24, 2.45) is 0 Å². The second kappa shape index (κ2) is 6.60. The molecule has 0 aliphatic carbocycles. The zero-order chi connectivity index (χ0) is 15.4. The minimum Gasteiger partial charge on any atom is -0.481 e. The summed E-state index contributed by atoms with van der Waals surface area (Å²) < 4.78 is 5.11. The van der Waals surface area contributed by atoms with Crippen LogP contribution in [-0.2, 0) is 0 Å². The van der Waals surface area contributed by atoms with Gasteiger partial charge in [0.05, 0.1) is 13.2 Å². The van der Waals surface area contributed by atoms with Gasteiger partial charge in [0.2, 0.25) is 5.88 Å². The van der Waals surface area contributed by atoms with Crippen molar-refractivity contribution in [1.82, 2.24) is 9.88 Å². The van der Waals surface area contributed by atoms with Crippen molar-refractivity contribution in [3.05, 3.63) is 59.8 Å². The minimum absolute atomic E-state index is 0.0971. The molecule has 0 spiro atoms. The maximum atomic E-state index is 12.8. The zero-order valence-electron chi connectivity index (χ0n) is 12.7. The van der Waals surface area contributed by atoms with Crippen LogP contribution in [-0.4, -0.2) is 29.4 Å². The molecule has 0 unspecified atom stereocenters. The molecule has 22 heavy (non-hydrogen) atoms. The minimum atomic E-state index is 0.0971. The number of methoxy groups -OCH3 is 1. The quantitative estimate of drug-likeness (QED) is 0.871. The highest BCUT2D eigenvalue weighted by atomic mass is 16.5. The number of benzene rings is 1. The lowest BCUT2D eigenvalue weighted by Gasteiger charge is -2.36. The number of rotatable bonds is 3. The summed E-state index contributed by atoms with van der Waals surface area (Å²) >= 11 is 0. The number of piperidine rings is 1. The van der Waals surface area contributed by atoms with Crippen molar-refractivity contribution in [2.75, 3.05) is 13.7 Å². The third-order valence-electron chi connectivity index (χ3n) is 4.14. The summed E-state index contributed by atoms with van der Waals surface area (Å²) in [4.78, 5) is 19.0. The van der Waals surface area contributed by atoms with E-state index in [0.29, 0.717) is 5.88 Å². The van der Waals surface area contributed by atoms with Crippen LogP contribution < -0.4 is 4.74 Å². The maximum Gasteiger partial charge on any atom is 0.254 e. The van der Waals surface area contributed by atoms with E-state index in [-0.39, 0.29) is 11.9 Å². The van der Waals surface area contributed by atoms with E-state index >= 15 is 0 Å². The Morgan fingerprint density at radius 2 is 2.00 bits per heavy atom. The first-order valence-corrected chi connectivity index (χ1v) is 7.65. The van der Waals surface area contributed by atoms with E-state index in [2.05, 4.69) is 4.98 Å². The number of pyridine rings is 1. The Bertz CT molecular complexity index is 625. The molecule has 2 heterocycles. The summed E-state index contributed by atoms with van der Waals surface area (Å²) in [5.41, 5.74) is 1.82. The van der Waals surface area contributed by atoms with E-state index in [4.69, 9.17) is 4.74 Å². The molecule has 1 aromatic carbocycles. The molecule has 0 N–H and O–H groups in total. The molecule has 1 aliphatic heterocycles. The summed E-state index contributed by atoms with van der Waals surface area (Å²) in [6.07, 6.45) is 4.99. The van der Waals surface area contributed by atoms with E-state index in [9.17, 15) is 4.79 Å². The Kier molecular flexibility index (Phi) is 4.37. The number of aromatic nitrogens is 1. The number of ether oxygens (including phenoxy) is 1. The molecule has 0 bridgehead atoms. The summed E-state index contributed by atoms with van der Waals surface area (Å²) in [5.74, 6) is 0.696. The van der Waals surface area contributed by atoms with Gasteiger partial charge in [-0.15, -0.1) is 0 Å². The van der Waals surface area contributed by atoms with Crippen molar-refractivity contribution in [3.63, 3.8) is 0 Å². The average Bonchev–Trinajstić information content (AvgIpc) is 2.62. The van der Waals surface area contributed by atoms with Crippen LogP contribution in [0.25, 0.3) is 0 Å². The lowest BCUT2D eigenvalue weighted by atomic mass is 9.95. The van der Waals surface area contributed by atoms with Gasteiger partial charge in [0.1, 0.15) is 0 Å². The van der Waals surface area contributed by atoms with Gasteiger partial charge in [-0.2, -0.15) is 0 Å². The number of likely N-dealkylation sites (tertiary alicyclic amines) is 1. The molecule has 4 heteroatoms. The number of carbonyl (C=O) groups is 1. The fourth-order valence-corrected chi connectivity index (χ4v) is 2.98. The lowest BCUT2D eigenvalue weighted by molar-refractivity contribution is 0.0611. The Morgan fingerprint density at radius 3 is 2.68 bits per heavy atom. The summed E-state index contributed by atoms with van der Waals surface area (Å²) in [7, 11) is 1.61. The predicted molar refractivity (Wildman–Crippen MR) is 84.9 cm³/mol. The number of amides is 1. The third kappa shape index (κ3) is 2.96. The van der Waals surface area contributed by atoms with Crippen LogP contribution in [0.15, 0.2) is 48.7 Å². The van der Waals surface area contributed by atoms with Gasteiger partial charge in [-0.25, -0.2) is 4.98 Å². The molecule has 1 atom stereocenters. The zero-order valence-corrected chi connectivity index (χ0v) is 12.7. The molecule has 1 aromatic heterocycles. The number of nitrogens with zero attached hydrogens (tertiary/aromatic N) is 2. The van der Waals surface area contributed by atoms with Crippen LogP contribution in [0.4, 0.5) is 0 Å². The lowest BCUT2D eigenvalue weighted by Crippen LogP contribution is -2.38. The van der Waals surface area contributed by atoms with Gasteiger partial charge >= 0.3 is 0 Å². The smallest absolute Gasteiger partial charge is 0.254 e. The normalized spacial score (nSPS) is 18.0. The van der Waals surface area contributed by atoms with E-state index in [1.807, 2.05) is 53.6 Å². The monoisotopic (exact) mass is 296 g/mol.